The van der Waals surface area contributed by atoms with Gasteiger partial charge in [-0.15, -0.1) is 0 Å². The van der Waals surface area contributed by atoms with Crippen LogP contribution in [0.5, 0.6) is 0 Å². The minimum atomic E-state index is -4.12. The molecule has 0 unspecified atom stereocenters. The van der Waals surface area contributed by atoms with Crippen LogP contribution in [0, 0.1) is 11.6 Å². The van der Waals surface area contributed by atoms with Gasteiger partial charge in [0.25, 0.3) is 0 Å². The Morgan fingerprint density at radius 3 is 2.54 bits per heavy atom. The molecule has 1 aromatic carbocycles. The maximum absolute atomic E-state index is 13.6. The van der Waals surface area contributed by atoms with Gasteiger partial charge in [0.1, 0.15) is 16.5 Å². The molecule has 2 rings (SSSR count). The molecule has 134 valence electrons. The highest BCUT2D eigenvalue weighted by Crippen LogP contribution is 2.15. The molecule has 1 N–H and O–H groups in total. The molecule has 1 saturated heterocycles. The molecule has 1 aliphatic heterocycles. The third-order valence-electron chi connectivity index (χ3n) is 3.71. The molecular weight excluding hydrogens is 344 g/mol. The van der Waals surface area contributed by atoms with Gasteiger partial charge in [-0.05, 0) is 18.2 Å². The fourth-order valence-corrected chi connectivity index (χ4v) is 3.49. The number of rotatable bonds is 5. The summed E-state index contributed by atoms with van der Waals surface area (Å²) in [6.45, 7) is 2.56. The summed E-state index contributed by atoms with van der Waals surface area (Å²) >= 11 is 0. The maximum Gasteiger partial charge on any atom is 0.409 e. The predicted octanol–water partition coefficient (Wildman–Crippen LogP) is 0.627. The Balaban J connectivity index is 1.84. The van der Waals surface area contributed by atoms with Crippen LogP contribution in [0.4, 0.5) is 13.6 Å². The van der Waals surface area contributed by atoms with Gasteiger partial charge in [-0.25, -0.2) is 26.7 Å². The number of methoxy groups -OCH3 is 1. The second-order valence-corrected chi connectivity index (χ2v) is 7.01. The number of carbonyl (C=O) groups excluding carboxylic acids is 1. The van der Waals surface area contributed by atoms with Crippen molar-refractivity contribution in [3.63, 3.8) is 0 Å². The molecule has 1 aliphatic rings. The summed E-state index contributed by atoms with van der Waals surface area (Å²) in [4.78, 5) is 14.2. The van der Waals surface area contributed by atoms with Gasteiger partial charge in [0.05, 0.1) is 7.11 Å². The number of hydrogen-bond donors (Lipinski definition) is 1. The average molecular weight is 363 g/mol. The van der Waals surface area contributed by atoms with Gasteiger partial charge >= 0.3 is 6.09 Å². The first kappa shape index (κ1) is 18.6. The van der Waals surface area contributed by atoms with Crippen molar-refractivity contribution >= 4 is 16.1 Å². The first-order valence-electron chi connectivity index (χ1n) is 7.33. The van der Waals surface area contributed by atoms with E-state index in [1.165, 1.54) is 7.11 Å². The van der Waals surface area contributed by atoms with Crippen LogP contribution in [0.1, 0.15) is 0 Å². The minimum absolute atomic E-state index is 0.0521. The highest BCUT2D eigenvalue weighted by atomic mass is 32.2. The van der Waals surface area contributed by atoms with Crippen LogP contribution in [-0.4, -0.2) is 70.7 Å². The van der Waals surface area contributed by atoms with Crippen LogP contribution in [0.25, 0.3) is 0 Å². The standard InChI is InChI=1S/C14H19F2N3O4S/c1-23-14(20)19-8-6-18(7-9-19)5-4-17-24(21,22)13-10-11(15)2-3-12(13)16/h2-3,10,17H,4-9H2,1H3. The zero-order chi connectivity index (χ0) is 17.7. The number of benzene rings is 1. The molecule has 0 bridgehead atoms. The molecule has 0 saturated carbocycles. The van der Waals surface area contributed by atoms with E-state index in [9.17, 15) is 22.0 Å². The number of halogens is 2. The summed E-state index contributed by atoms with van der Waals surface area (Å²) in [5.74, 6) is -1.83. The first-order valence-corrected chi connectivity index (χ1v) is 8.82. The summed E-state index contributed by atoms with van der Waals surface area (Å²) in [5, 5.41) is 0. The molecule has 0 atom stereocenters. The molecule has 0 aliphatic carbocycles. The number of ether oxygens (including phenoxy) is 1. The molecule has 0 radical (unpaired) electrons. The van der Waals surface area contributed by atoms with Gasteiger partial charge in [0.15, 0.2) is 0 Å². The molecular formula is C14H19F2N3O4S. The Bertz CT molecular complexity index is 691. The molecule has 1 heterocycles. The van der Waals surface area contributed by atoms with Crippen molar-refractivity contribution in [1.82, 2.24) is 14.5 Å². The number of hydrogen-bond acceptors (Lipinski definition) is 5. The minimum Gasteiger partial charge on any atom is -0.453 e. The van der Waals surface area contributed by atoms with Crippen LogP contribution in [0.15, 0.2) is 23.1 Å². The summed E-state index contributed by atoms with van der Waals surface area (Å²) < 4.78 is 57.6. The molecule has 0 aromatic heterocycles. The molecule has 1 amide bonds. The number of nitrogens with one attached hydrogen (secondary N) is 1. The second-order valence-electron chi connectivity index (χ2n) is 5.27. The topological polar surface area (TPSA) is 79.0 Å². The van der Waals surface area contributed by atoms with E-state index in [-0.39, 0.29) is 6.54 Å². The third kappa shape index (κ3) is 4.62. The van der Waals surface area contributed by atoms with Crippen molar-refractivity contribution in [3.05, 3.63) is 29.8 Å². The van der Waals surface area contributed by atoms with E-state index in [2.05, 4.69) is 9.46 Å². The van der Waals surface area contributed by atoms with Gasteiger partial charge in [-0.2, -0.15) is 0 Å². The van der Waals surface area contributed by atoms with Crippen LogP contribution in [0.3, 0.4) is 0 Å². The van der Waals surface area contributed by atoms with E-state index in [0.29, 0.717) is 38.8 Å². The Morgan fingerprint density at radius 1 is 1.25 bits per heavy atom. The SMILES string of the molecule is COC(=O)N1CCN(CCNS(=O)(=O)c2cc(F)ccc2F)CC1. The largest absolute Gasteiger partial charge is 0.453 e. The molecule has 1 aromatic rings. The number of piperazine rings is 1. The van der Waals surface area contributed by atoms with Crippen molar-refractivity contribution in [1.29, 1.82) is 0 Å². The molecule has 24 heavy (non-hydrogen) atoms. The number of carbonyl (C=O) groups is 1. The smallest absolute Gasteiger partial charge is 0.409 e. The van der Waals surface area contributed by atoms with Crippen LogP contribution in [-0.2, 0) is 14.8 Å². The summed E-state index contributed by atoms with van der Waals surface area (Å²) in [6.07, 6.45) is -0.392. The zero-order valence-electron chi connectivity index (χ0n) is 13.2. The highest BCUT2D eigenvalue weighted by Gasteiger charge is 2.23. The lowest BCUT2D eigenvalue weighted by Gasteiger charge is -2.33. The van der Waals surface area contributed by atoms with Gasteiger partial charge in [-0.3, -0.25) is 4.90 Å². The number of amides is 1. The molecule has 7 nitrogen and oxygen atoms in total. The predicted molar refractivity (Wildman–Crippen MR) is 82.0 cm³/mol. The number of nitrogens with zero attached hydrogens (tertiary/aromatic N) is 2. The van der Waals surface area contributed by atoms with Crippen LogP contribution >= 0.6 is 0 Å². The fraction of sp³-hybridized carbons (Fsp3) is 0.500. The molecule has 10 heteroatoms. The van der Waals surface area contributed by atoms with E-state index in [1.54, 1.807) is 4.90 Å². The average Bonchev–Trinajstić information content (AvgIpc) is 2.56. The Kier molecular flexibility index (Phi) is 6.08. The van der Waals surface area contributed by atoms with Crippen LogP contribution in [0.2, 0.25) is 0 Å². The van der Waals surface area contributed by atoms with Crippen molar-refractivity contribution in [2.45, 2.75) is 4.90 Å². The van der Waals surface area contributed by atoms with Crippen molar-refractivity contribution in [3.8, 4) is 0 Å². The Hall–Kier alpha value is -1.78. The van der Waals surface area contributed by atoms with E-state index in [4.69, 9.17) is 0 Å². The van der Waals surface area contributed by atoms with E-state index in [1.807, 2.05) is 4.90 Å². The molecule has 1 fully saturated rings. The lowest BCUT2D eigenvalue weighted by atomic mass is 10.3. The zero-order valence-corrected chi connectivity index (χ0v) is 14.0. The van der Waals surface area contributed by atoms with Gasteiger partial charge in [0, 0.05) is 39.3 Å². The Labute approximate surface area is 139 Å². The van der Waals surface area contributed by atoms with Gasteiger partial charge in [0.2, 0.25) is 10.0 Å². The van der Waals surface area contributed by atoms with Crippen molar-refractivity contribution < 1.29 is 26.7 Å². The lowest BCUT2D eigenvalue weighted by molar-refractivity contribution is 0.0918. The maximum atomic E-state index is 13.6. The van der Waals surface area contributed by atoms with E-state index < -0.39 is 32.6 Å². The van der Waals surface area contributed by atoms with Gasteiger partial charge in [-0.1, -0.05) is 0 Å². The number of sulfonamides is 1. The van der Waals surface area contributed by atoms with E-state index >= 15 is 0 Å². The van der Waals surface area contributed by atoms with Crippen LogP contribution < -0.4 is 4.72 Å². The normalized spacial score (nSPS) is 16.2. The van der Waals surface area contributed by atoms with E-state index in [0.717, 1.165) is 12.1 Å². The van der Waals surface area contributed by atoms with Crippen molar-refractivity contribution in [2.75, 3.05) is 46.4 Å². The summed E-state index contributed by atoms with van der Waals surface area (Å²) in [6, 6.07) is 2.28. The quantitative estimate of drug-likeness (QED) is 0.830. The fourth-order valence-electron chi connectivity index (χ4n) is 2.38. The molecule has 0 spiro atoms. The monoisotopic (exact) mass is 363 g/mol. The summed E-state index contributed by atoms with van der Waals surface area (Å²) in [5.41, 5.74) is 0. The highest BCUT2D eigenvalue weighted by molar-refractivity contribution is 7.89. The van der Waals surface area contributed by atoms with Gasteiger partial charge < -0.3 is 9.64 Å². The third-order valence-corrected chi connectivity index (χ3v) is 5.18. The summed E-state index contributed by atoms with van der Waals surface area (Å²) in [7, 11) is -2.80. The first-order chi connectivity index (χ1) is 11.3. The van der Waals surface area contributed by atoms with Crippen molar-refractivity contribution in [2.24, 2.45) is 0 Å². The Morgan fingerprint density at radius 2 is 1.92 bits per heavy atom. The second kappa shape index (κ2) is 7.86. The lowest BCUT2D eigenvalue weighted by Crippen LogP contribution is -2.50.